The molecule has 0 fully saturated rings. The Balaban J connectivity index is 2.92. The summed E-state index contributed by atoms with van der Waals surface area (Å²) in [5.74, 6) is 0. The van der Waals surface area contributed by atoms with Crippen molar-refractivity contribution in [2.45, 2.75) is 39.7 Å². The molecule has 1 unspecified atom stereocenters. The minimum absolute atomic E-state index is 0.407. The van der Waals surface area contributed by atoms with Gasteiger partial charge >= 0.3 is 0 Å². The van der Waals surface area contributed by atoms with E-state index in [2.05, 4.69) is 13.8 Å². The first-order valence-corrected chi connectivity index (χ1v) is 3.24. The van der Waals surface area contributed by atoms with Crippen molar-refractivity contribution < 1.29 is 4.74 Å². The van der Waals surface area contributed by atoms with E-state index < -0.39 is 0 Å². The van der Waals surface area contributed by atoms with Crippen molar-refractivity contribution in [3.63, 3.8) is 0 Å². The lowest BCUT2D eigenvalue weighted by Gasteiger charge is -2.07. The Morgan fingerprint density at radius 2 is 2.25 bits per heavy atom. The number of rotatable bonds is 4. The average Bonchev–Trinajstić information content (AvgIpc) is 1.68. The lowest BCUT2D eigenvalue weighted by atomic mass is 10.2. The molecule has 0 N–H and O–H groups in total. The van der Waals surface area contributed by atoms with Gasteiger partial charge in [0, 0.05) is 0 Å². The molecule has 1 radical (unpaired) electrons. The third-order valence-corrected chi connectivity index (χ3v) is 1.06. The van der Waals surface area contributed by atoms with Crippen LogP contribution in [0.5, 0.6) is 0 Å². The predicted octanol–water partition coefficient (Wildman–Crippen LogP) is 2.37. The summed E-state index contributed by atoms with van der Waals surface area (Å²) >= 11 is 0. The normalized spacial score (nSPS) is 13.9. The van der Waals surface area contributed by atoms with E-state index in [-0.39, 0.29) is 0 Å². The summed E-state index contributed by atoms with van der Waals surface area (Å²) in [7, 11) is 0. The second kappa shape index (κ2) is 5.10. The van der Waals surface area contributed by atoms with Crippen LogP contribution in [0.15, 0.2) is 0 Å². The maximum absolute atomic E-state index is 5.16. The SMILES string of the molecule is C[CH]OC(C)CCC. The van der Waals surface area contributed by atoms with E-state index in [0.717, 1.165) is 6.42 Å². The van der Waals surface area contributed by atoms with Crippen LogP contribution in [0, 0.1) is 6.61 Å². The van der Waals surface area contributed by atoms with Gasteiger partial charge in [-0.3, -0.25) is 0 Å². The summed E-state index contributed by atoms with van der Waals surface area (Å²) in [5, 5.41) is 0. The molecule has 0 aromatic heterocycles. The summed E-state index contributed by atoms with van der Waals surface area (Å²) < 4.78 is 5.16. The Morgan fingerprint density at radius 3 is 2.62 bits per heavy atom. The minimum atomic E-state index is 0.407. The van der Waals surface area contributed by atoms with Crippen molar-refractivity contribution in [3.05, 3.63) is 6.61 Å². The summed E-state index contributed by atoms with van der Waals surface area (Å²) in [5.41, 5.74) is 0. The van der Waals surface area contributed by atoms with E-state index in [4.69, 9.17) is 4.74 Å². The first-order valence-electron chi connectivity index (χ1n) is 3.24. The van der Waals surface area contributed by atoms with Crippen molar-refractivity contribution in [2.24, 2.45) is 0 Å². The van der Waals surface area contributed by atoms with Crippen LogP contribution in [0.1, 0.15) is 33.6 Å². The fraction of sp³-hybridized carbons (Fsp3) is 0.857. The van der Waals surface area contributed by atoms with Crippen LogP contribution < -0.4 is 0 Å². The third-order valence-electron chi connectivity index (χ3n) is 1.06. The number of hydrogen-bond donors (Lipinski definition) is 0. The smallest absolute Gasteiger partial charge is 0.0809 e. The molecular formula is C7H15O. The highest BCUT2D eigenvalue weighted by atomic mass is 16.5. The molecule has 0 aromatic carbocycles. The molecule has 0 spiro atoms. The Morgan fingerprint density at radius 1 is 1.62 bits per heavy atom. The van der Waals surface area contributed by atoms with Crippen LogP contribution in [0.3, 0.4) is 0 Å². The Hall–Kier alpha value is -0.0400. The largest absolute Gasteiger partial charge is 0.373 e. The first kappa shape index (κ1) is 7.96. The van der Waals surface area contributed by atoms with Gasteiger partial charge in [0.15, 0.2) is 0 Å². The van der Waals surface area contributed by atoms with Crippen molar-refractivity contribution >= 4 is 0 Å². The van der Waals surface area contributed by atoms with Gasteiger partial charge in [-0.1, -0.05) is 13.3 Å². The molecule has 0 saturated heterocycles. The first-order chi connectivity index (χ1) is 3.81. The van der Waals surface area contributed by atoms with Gasteiger partial charge in [0.2, 0.25) is 0 Å². The van der Waals surface area contributed by atoms with Gasteiger partial charge in [-0.15, -0.1) is 0 Å². The van der Waals surface area contributed by atoms with Crippen LogP contribution >= 0.6 is 0 Å². The number of ether oxygens (including phenoxy) is 1. The molecule has 1 heteroatoms. The minimum Gasteiger partial charge on any atom is -0.373 e. The topological polar surface area (TPSA) is 9.23 Å². The van der Waals surface area contributed by atoms with Gasteiger partial charge in [-0.2, -0.15) is 0 Å². The van der Waals surface area contributed by atoms with E-state index >= 15 is 0 Å². The maximum atomic E-state index is 5.16. The maximum Gasteiger partial charge on any atom is 0.0809 e. The van der Waals surface area contributed by atoms with E-state index in [1.165, 1.54) is 6.42 Å². The molecule has 8 heavy (non-hydrogen) atoms. The summed E-state index contributed by atoms with van der Waals surface area (Å²) in [4.78, 5) is 0. The van der Waals surface area contributed by atoms with Gasteiger partial charge in [0.1, 0.15) is 0 Å². The quantitative estimate of drug-likeness (QED) is 0.546. The Kier molecular flexibility index (Phi) is 5.08. The van der Waals surface area contributed by atoms with Gasteiger partial charge in [0.25, 0.3) is 0 Å². The van der Waals surface area contributed by atoms with Gasteiger partial charge in [0.05, 0.1) is 12.7 Å². The third kappa shape index (κ3) is 4.13. The molecule has 0 amide bonds. The molecule has 0 aliphatic rings. The second-order valence-corrected chi connectivity index (χ2v) is 1.97. The molecule has 49 valence electrons. The van der Waals surface area contributed by atoms with Gasteiger partial charge < -0.3 is 4.74 Å². The van der Waals surface area contributed by atoms with Crippen molar-refractivity contribution in [1.82, 2.24) is 0 Å². The van der Waals surface area contributed by atoms with Crippen LogP contribution in [0.25, 0.3) is 0 Å². The zero-order chi connectivity index (χ0) is 6.41. The Labute approximate surface area is 52.0 Å². The lowest BCUT2D eigenvalue weighted by Crippen LogP contribution is -2.03. The zero-order valence-electron chi connectivity index (χ0n) is 5.98. The van der Waals surface area contributed by atoms with Crippen molar-refractivity contribution in [1.29, 1.82) is 0 Å². The van der Waals surface area contributed by atoms with Crippen molar-refractivity contribution in [3.8, 4) is 0 Å². The molecule has 0 rings (SSSR count). The van der Waals surface area contributed by atoms with Crippen LogP contribution in [0.4, 0.5) is 0 Å². The molecule has 1 atom stereocenters. The highest BCUT2D eigenvalue weighted by Gasteiger charge is 1.95. The highest BCUT2D eigenvalue weighted by Crippen LogP contribution is 2.00. The molecule has 0 saturated carbocycles. The molecule has 0 aromatic rings. The molecule has 0 aliphatic carbocycles. The van der Waals surface area contributed by atoms with E-state index in [0.29, 0.717) is 6.10 Å². The fourth-order valence-electron chi connectivity index (χ4n) is 0.707. The average molecular weight is 115 g/mol. The summed E-state index contributed by atoms with van der Waals surface area (Å²) in [6.07, 6.45) is 2.77. The zero-order valence-corrected chi connectivity index (χ0v) is 5.98. The Bertz CT molecular complexity index is 37.7. The van der Waals surface area contributed by atoms with Crippen LogP contribution in [-0.2, 0) is 4.74 Å². The fourth-order valence-corrected chi connectivity index (χ4v) is 0.707. The second-order valence-electron chi connectivity index (χ2n) is 1.97. The van der Waals surface area contributed by atoms with E-state index in [1.54, 1.807) is 6.61 Å². The number of hydrogen-bond acceptors (Lipinski definition) is 1. The summed E-state index contributed by atoms with van der Waals surface area (Å²) in [6.45, 7) is 7.91. The molecule has 0 heterocycles. The van der Waals surface area contributed by atoms with Crippen molar-refractivity contribution in [2.75, 3.05) is 0 Å². The van der Waals surface area contributed by atoms with Gasteiger partial charge in [-0.05, 0) is 20.3 Å². The molecule has 1 nitrogen and oxygen atoms in total. The lowest BCUT2D eigenvalue weighted by molar-refractivity contribution is 0.116. The summed E-state index contributed by atoms with van der Waals surface area (Å²) in [6, 6.07) is 0. The van der Waals surface area contributed by atoms with Gasteiger partial charge in [-0.25, -0.2) is 0 Å². The molecule has 0 aliphatic heterocycles. The molecular weight excluding hydrogens is 100 g/mol. The van der Waals surface area contributed by atoms with E-state index in [1.807, 2.05) is 6.92 Å². The van der Waals surface area contributed by atoms with Crippen LogP contribution in [0.2, 0.25) is 0 Å². The van der Waals surface area contributed by atoms with Crippen LogP contribution in [-0.4, -0.2) is 6.10 Å². The molecule has 0 bridgehead atoms. The predicted molar refractivity (Wildman–Crippen MR) is 35.4 cm³/mol. The standard InChI is InChI=1S/C7H15O/c1-4-6-7(3)8-5-2/h5,7H,4,6H2,1-3H3. The van der Waals surface area contributed by atoms with E-state index in [9.17, 15) is 0 Å². The highest BCUT2D eigenvalue weighted by molar-refractivity contribution is 4.49. The monoisotopic (exact) mass is 115 g/mol.